The van der Waals surface area contributed by atoms with Crippen LogP contribution in [-0.4, -0.2) is 96.3 Å². The Hall–Kier alpha value is -1.34. The van der Waals surface area contributed by atoms with Gasteiger partial charge in [-0.05, 0) is 39.5 Å². The van der Waals surface area contributed by atoms with E-state index in [1.807, 2.05) is 20.8 Å². The summed E-state index contributed by atoms with van der Waals surface area (Å²) in [5.41, 5.74) is -3.55. The Bertz CT molecular complexity index is 1150. The molecule has 0 amide bonds. The number of hydrogen-bond acceptors (Lipinski definition) is 11. The molecule has 7 fully saturated rings. The average Bonchev–Trinajstić information content (AvgIpc) is 3.74. The number of carbonyl (C=O) groups excluding carboxylic acids is 2. The first kappa shape index (κ1) is 28.4. The summed E-state index contributed by atoms with van der Waals surface area (Å²) in [4.78, 5) is 25.0. The summed E-state index contributed by atoms with van der Waals surface area (Å²) in [6.45, 7) is 16.2. The van der Waals surface area contributed by atoms with Crippen molar-refractivity contribution in [1.82, 2.24) is 0 Å². The van der Waals surface area contributed by atoms with E-state index in [1.54, 1.807) is 0 Å². The minimum atomic E-state index is -1.39. The van der Waals surface area contributed by atoms with Gasteiger partial charge in [-0.1, -0.05) is 20.8 Å². The average molecular weight is 581 g/mol. The maximum atomic E-state index is 13.4. The molecule has 230 valence electrons. The summed E-state index contributed by atoms with van der Waals surface area (Å²) in [6, 6.07) is 0. The van der Waals surface area contributed by atoms with Gasteiger partial charge in [-0.25, -0.2) is 4.79 Å². The molecule has 0 aromatic rings. The molecule has 1 N–H and O–H groups in total. The van der Waals surface area contributed by atoms with E-state index in [2.05, 4.69) is 20.8 Å². The Labute approximate surface area is 240 Å². The Morgan fingerprint density at radius 1 is 1.00 bits per heavy atom. The Balaban J connectivity index is 1.31. The summed E-state index contributed by atoms with van der Waals surface area (Å²) in [5, 5.41) is 13.4. The number of aliphatic hydroxyl groups is 1. The van der Waals surface area contributed by atoms with Crippen LogP contribution >= 0.6 is 0 Å². The Morgan fingerprint density at radius 3 is 2.34 bits per heavy atom. The van der Waals surface area contributed by atoms with Crippen molar-refractivity contribution < 1.29 is 52.6 Å². The summed E-state index contributed by atoms with van der Waals surface area (Å²) in [6.07, 6.45) is -1.83. The highest BCUT2D eigenvalue weighted by atomic mass is 16.7. The molecule has 0 aromatic heterocycles. The van der Waals surface area contributed by atoms with Crippen molar-refractivity contribution in [2.75, 3.05) is 19.8 Å². The van der Waals surface area contributed by atoms with Gasteiger partial charge in [0.05, 0.1) is 38.1 Å². The highest BCUT2D eigenvalue weighted by molar-refractivity contribution is 5.78. The van der Waals surface area contributed by atoms with Gasteiger partial charge in [0.25, 0.3) is 0 Å². The standard InChI is InChI=1S/C30H44O11/c1-14(37-15(2)31)24(32)39-22-17-11-25(3,4)30(18(40-30)12-27(7)34-9-10-35-27)29(17,33)21-16-13-36-26(5,6)41-19(16)20-23(38-20)28(21,22)8/h14,16-23,33H,9-13H2,1-8H3/t14-,16-,17-,18-,19-,20-,21+,22+,23-,28-,29+,30+/m0/s1. The first-order valence-corrected chi connectivity index (χ1v) is 15.0. The first-order valence-electron chi connectivity index (χ1n) is 15.0. The van der Waals surface area contributed by atoms with E-state index in [4.69, 9.17) is 37.9 Å². The quantitative estimate of drug-likeness (QED) is 0.378. The van der Waals surface area contributed by atoms with Gasteiger partial charge >= 0.3 is 11.9 Å². The van der Waals surface area contributed by atoms with Gasteiger partial charge in [-0.15, -0.1) is 0 Å². The van der Waals surface area contributed by atoms with Crippen molar-refractivity contribution in [2.24, 2.45) is 28.6 Å². The van der Waals surface area contributed by atoms with Crippen LogP contribution in [-0.2, 0) is 47.5 Å². The van der Waals surface area contributed by atoms with Crippen LogP contribution in [0.25, 0.3) is 0 Å². The van der Waals surface area contributed by atoms with Gasteiger partial charge in [0.2, 0.25) is 0 Å². The lowest BCUT2D eigenvalue weighted by atomic mass is 9.55. The molecule has 4 aliphatic heterocycles. The van der Waals surface area contributed by atoms with E-state index in [0.29, 0.717) is 32.7 Å². The second-order valence-corrected chi connectivity index (χ2v) is 14.8. The fraction of sp³-hybridized carbons (Fsp3) is 0.933. The van der Waals surface area contributed by atoms with Crippen LogP contribution in [0.15, 0.2) is 0 Å². The number of hydrogen-bond donors (Lipinski definition) is 1. The lowest BCUT2D eigenvalue weighted by Crippen LogP contribution is -2.66. The third kappa shape index (κ3) is 3.63. The third-order valence-electron chi connectivity index (χ3n) is 11.5. The normalized spacial score (nSPS) is 51.6. The van der Waals surface area contributed by atoms with E-state index in [9.17, 15) is 14.7 Å². The highest BCUT2D eigenvalue weighted by Gasteiger charge is 2.92. The third-order valence-corrected chi connectivity index (χ3v) is 11.5. The van der Waals surface area contributed by atoms with Crippen molar-refractivity contribution in [3.05, 3.63) is 0 Å². The molecular formula is C30H44O11. The van der Waals surface area contributed by atoms with Crippen molar-refractivity contribution in [3.8, 4) is 0 Å². The lowest BCUT2D eigenvalue weighted by molar-refractivity contribution is -0.319. The van der Waals surface area contributed by atoms with Gasteiger partial charge < -0.3 is 43.0 Å². The minimum Gasteiger partial charge on any atom is -0.459 e. The first-order chi connectivity index (χ1) is 19.0. The Kier molecular flexibility index (Phi) is 5.84. The molecular weight excluding hydrogens is 536 g/mol. The number of epoxide rings is 2. The van der Waals surface area contributed by atoms with Crippen molar-refractivity contribution in [3.63, 3.8) is 0 Å². The molecule has 11 nitrogen and oxygen atoms in total. The number of esters is 2. The largest absolute Gasteiger partial charge is 0.459 e. The van der Waals surface area contributed by atoms with Gasteiger partial charge in [-0.3, -0.25) is 4.79 Å². The van der Waals surface area contributed by atoms with Crippen LogP contribution < -0.4 is 0 Å². The smallest absolute Gasteiger partial charge is 0.347 e. The molecule has 7 rings (SSSR count). The van der Waals surface area contributed by atoms with E-state index in [1.165, 1.54) is 13.8 Å². The van der Waals surface area contributed by atoms with Crippen LogP contribution in [0.3, 0.4) is 0 Å². The van der Waals surface area contributed by atoms with Crippen molar-refractivity contribution in [1.29, 1.82) is 0 Å². The number of ether oxygens (including phenoxy) is 8. The van der Waals surface area contributed by atoms with Gasteiger partial charge in [0.15, 0.2) is 17.7 Å². The molecule has 7 aliphatic rings. The van der Waals surface area contributed by atoms with Crippen LogP contribution in [0, 0.1) is 28.6 Å². The van der Waals surface area contributed by atoms with Crippen LogP contribution in [0.4, 0.5) is 0 Å². The molecule has 3 aliphatic carbocycles. The zero-order valence-corrected chi connectivity index (χ0v) is 25.3. The maximum absolute atomic E-state index is 13.4. The fourth-order valence-corrected chi connectivity index (χ4v) is 10.1. The molecule has 0 radical (unpaired) electrons. The molecule has 11 heteroatoms. The minimum absolute atomic E-state index is 0.196. The summed E-state index contributed by atoms with van der Waals surface area (Å²) in [7, 11) is 0. The molecule has 4 heterocycles. The maximum Gasteiger partial charge on any atom is 0.347 e. The molecule has 4 saturated heterocycles. The number of fused-ring (bicyclic) bond motifs is 9. The summed E-state index contributed by atoms with van der Waals surface area (Å²) >= 11 is 0. The second kappa shape index (κ2) is 8.43. The molecule has 3 saturated carbocycles. The highest BCUT2D eigenvalue weighted by Crippen LogP contribution is 2.80. The SMILES string of the molecule is CC(=O)O[C@@H](C)C(=O)O[C@@H]1[C@@H]2CC(C)(C)[C@@]3(O[C@H]3CC3(C)OCCO3)[C@]2(O)[C@@H]2[C@H]3COC(C)(C)O[C@@H]3[C@@H]3O[C@@H]3[C@]12C. The van der Waals surface area contributed by atoms with Gasteiger partial charge in [-0.2, -0.15) is 0 Å². The molecule has 0 aromatic carbocycles. The second-order valence-electron chi connectivity index (χ2n) is 14.8. The molecule has 0 unspecified atom stereocenters. The summed E-state index contributed by atoms with van der Waals surface area (Å²) in [5.74, 6) is -3.88. The summed E-state index contributed by atoms with van der Waals surface area (Å²) < 4.78 is 49.1. The van der Waals surface area contributed by atoms with Crippen molar-refractivity contribution >= 4 is 11.9 Å². The number of carbonyl (C=O) groups is 2. The molecule has 1 spiro atoms. The zero-order chi connectivity index (χ0) is 29.5. The molecule has 41 heavy (non-hydrogen) atoms. The topological polar surface area (TPSA) is 135 Å². The lowest BCUT2D eigenvalue weighted by Gasteiger charge is -2.54. The van der Waals surface area contributed by atoms with Crippen LogP contribution in [0.2, 0.25) is 0 Å². The van der Waals surface area contributed by atoms with Crippen LogP contribution in [0.1, 0.15) is 68.2 Å². The van der Waals surface area contributed by atoms with E-state index in [0.717, 1.165) is 0 Å². The van der Waals surface area contributed by atoms with E-state index >= 15 is 0 Å². The van der Waals surface area contributed by atoms with Crippen molar-refractivity contribution in [2.45, 2.75) is 128 Å². The Morgan fingerprint density at radius 2 is 1.68 bits per heavy atom. The predicted octanol–water partition coefficient (Wildman–Crippen LogP) is 2.10. The van der Waals surface area contributed by atoms with Gasteiger partial charge in [0, 0.05) is 36.5 Å². The molecule has 12 atom stereocenters. The number of rotatable bonds is 5. The predicted molar refractivity (Wildman–Crippen MR) is 139 cm³/mol. The zero-order valence-electron chi connectivity index (χ0n) is 25.3. The van der Waals surface area contributed by atoms with E-state index in [-0.39, 0.29) is 30.3 Å². The monoisotopic (exact) mass is 580 g/mol. The fourth-order valence-electron chi connectivity index (χ4n) is 10.1. The van der Waals surface area contributed by atoms with Gasteiger partial charge in [0.1, 0.15) is 23.4 Å². The van der Waals surface area contributed by atoms with E-state index < -0.39 is 69.6 Å². The molecule has 0 bridgehead atoms. The van der Waals surface area contributed by atoms with Crippen LogP contribution in [0.5, 0.6) is 0 Å².